The summed E-state index contributed by atoms with van der Waals surface area (Å²) in [6.07, 6.45) is 2.34. The van der Waals surface area contributed by atoms with Crippen molar-refractivity contribution in [2.24, 2.45) is 0 Å². The normalized spacial score (nSPS) is 11.4. The molecule has 0 aliphatic carbocycles. The van der Waals surface area contributed by atoms with E-state index in [1.807, 2.05) is 18.2 Å². The van der Waals surface area contributed by atoms with Crippen LogP contribution in [0.25, 0.3) is 0 Å². The molecule has 102 valence electrons. The Balaban J connectivity index is 2.72. The lowest BCUT2D eigenvalue weighted by Gasteiger charge is -2.26. The van der Waals surface area contributed by atoms with Gasteiger partial charge in [-0.2, -0.15) is 0 Å². The SMILES string of the molecule is CCCC(C)(C)NCc1cc(OC)cc(OC)c1. The van der Waals surface area contributed by atoms with Crippen LogP contribution in [-0.2, 0) is 6.54 Å². The van der Waals surface area contributed by atoms with Gasteiger partial charge < -0.3 is 14.8 Å². The van der Waals surface area contributed by atoms with E-state index in [9.17, 15) is 0 Å². The first-order chi connectivity index (χ1) is 8.50. The predicted octanol–water partition coefficient (Wildman–Crippen LogP) is 3.37. The van der Waals surface area contributed by atoms with Crippen LogP contribution in [0.2, 0.25) is 0 Å². The molecular formula is C15H25NO2. The quantitative estimate of drug-likeness (QED) is 0.806. The molecule has 3 heteroatoms. The van der Waals surface area contributed by atoms with E-state index in [0.29, 0.717) is 0 Å². The van der Waals surface area contributed by atoms with Gasteiger partial charge in [0.25, 0.3) is 0 Å². The molecule has 1 aromatic rings. The Morgan fingerprint density at radius 3 is 2.06 bits per heavy atom. The van der Waals surface area contributed by atoms with Crippen LogP contribution < -0.4 is 14.8 Å². The molecule has 1 N–H and O–H groups in total. The molecule has 0 atom stereocenters. The van der Waals surface area contributed by atoms with Gasteiger partial charge in [0, 0.05) is 18.2 Å². The van der Waals surface area contributed by atoms with Crippen LogP contribution in [0.4, 0.5) is 0 Å². The molecule has 18 heavy (non-hydrogen) atoms. The second-order valence-corrected chi connectivity index (χ2v) is 5.21. The molecule has 0 bridgehead atoms. The Morgan fingerprint density at radius 2 is 1.61 bits per heavy atom. The van der Waals surface area contributed by atoms with Gasteiger partial charge >= 0.3 is 0 Å². The van der Waals surface area contributed by atoms with Crippen LogP contribution in [0.3, 0.4) is 0 Å². The maximum absolute atomic E-state index is 5.27. The van der Waals surface area contributed by atoms with Gasteiger partial charge in [-0.1, -0.05) is 13.3 Å². The van der Waals surface area contributed by atoms with Crippen molar-refractivity contribution < 1.29 is 9.47 Å². The first-order valence-corrected chi connectivity index (χ1v) is 6.47. The Labute approximate surface area is 110 Å². The van der Waals surface area contributed by atoms with Crippen LogP contribution in [0.15, 0.2) is 18.2 Å². The Hall–Kier alpha value is -1.22. The van der Waals surface area contributed by atoms with Gasteiger partial charge in [-0.3, -0.25) is 0 Å². The van der Waals surface area contributed by atoms with Crippen LogP contribution >= 0.6 is 0 Å². The summed E-state index contributed by atoms with van der Waals surface area (Å²) >= 11 is 0. The van der Waals surface area contributed by atoms with E-state index >= 15 is 0 Å². The summed E-state index contributed by atoms with van der Waals surface area (Å²) in [4.78, 5) is 0. The monoisotopic (exact) mass is 251 g/mol. The molecule has 0 unspecified atom stereocenters. The van der Waals surface area contributed by atoms with E-state index in [1.54, 1.807) is 14.2 Å². The highest BCUT2D eigenvalue weighted by Gasteiger charge is 2.15. The fraction of sp³-hybridized carbons (Fsp3) is 0.600. The maximum atomic E-state index is 5.27. The number of benzene rings is 1. The summed E-state index contributed by atoms with van der Waals surface area (Å²) in [5.74, 6) is 1.67. The third-order valence-electron chi connectivity index (χ3n) is 3.06. The van der Waals surface area contributed by atoms with Crippen molar-refractivity contribution in [2.45, 2.75) is 45.7 Å². The van der Waals surface area contributed by atoms with Crippen molar-refractivity contribution in [3.05, 3.63) is 23.8 Å². The lowest BCUT2D eigenvalue weighted by atomic mass is 9.98. The van der Waals surface area contributed by atoms with Crippen molar-refractivity contribution in [3.8, 4) is 11.5 Å². The first-order valence-electron chi connectivity index (χ1n) is 6.47. The topological polar surface area (TPSA) is 30.5 Å². The molecule has 1 rings (SSSR count). The van der Waals surface area contributed by atoms with E-state index in [0.717, 1.165) is 24.5 Å². The molecule has 1 aromatic carbocycles. The van der Waals surface area contributed by atoms with Crippen LogP contribution in [0.1, 0.15) is 39.2 Å². The number of methoxy groups -OCH3 is 2. The van der Waals surface area contributed by atoms with Crippen molar-refractivity contribution in [2.75, 3.05) is 14.2 Å². The molecular weight excluding hydrogens is 226 g/mol. The first kappa shape index (κ1) is 14.8. The summed E-state index contributed by atoms with van der Waals surface area (Å²) in [5, 5.41) is 3.57. The van der Waals surface area contributed by atoms with Gasteiger partial charge in [0.2, 0.25) is 0 Å². The lowest BCUT2D eigenvalue weighted by Crippen LogP contribution is -2.38. The number of hydrogen-bond donors (Lipinski definition) is 1. The third-order valence-corrected chi connectivity index (χ3v) is 3.06. The highest BCUT2D eigenvalue weighted by molar-refractivity contribution is 5.38. The molecule has 0 saturated carbocycles. The van der Waals surface area contributed by atoms with Crippen LogP contribution in [-0.4, -0.2) is 19.8 Å². The molecule has 0 aromatic heterocycles. The number of ether oxygens (including phenoxy) is 2. The highest BCUT2D eigenvalue weighted by atomic mass is 16.5. The average Bonchev–Trinajstić information content (AvgIpc) is 2.36. The summed E-state index contributed by atoms with van der Waals surface area (Å²) in [5.41, 5.74) is 1.33. The zero-order valence-electron chi connectivity index (χ0n) is 12.2. The Morgan fingerprint density at radius 1 is 1.06 bits per heavy atom. The zero-order valence-corrected chi connectivity index (χ0v) is 12.2. The second kappa shape index (κ2) is 6.64. The van der Waals surface area contributed by atoms with E-state index in [4.69, 9.17) is 9.47 Å². The summed E-state index contributed by atoms with van der Waals surface area (Å²) in [7, 11) is 3.35. The third kappa shape index (κ3) is 4.57. The fourth-order valence-electron chi connectivity index (χ4n) is 2.02. The largest absolute Gasteiger partial charge is 0.497 e. The van der Waals surface area contributed by atoms with E-state index in [2.05, 4.69) is 26.1 Å². The Bertz CT molecular complexity index is 353. The van der Waals surface area contributed by atoms with Gasteiger partial charge in [-0.15, -0.1) is 0 Å². The van der Waals surface area contributed by atoms with Crippen molar-refractivity contribution >= 4 is 0 Å². The minimum atomic E-state index is 0.158. The molecule has 0 radical (unpaired) electrons. The molecule has 0 amide bonds. The molecule has 0 aliphatic rings. The standard InChI is InChI=1S/C15H25NO2/c1-6-7-15(2,3)16-11-12-8-13(17-4)10-14(9-12)18-5/h8-10,16H,6-7,11H2,1-5H3. The van der Waals surface area contributed by atoms with Gasteiger partial charge in [-0.25, -0.2) is 0 Å². The molecule has 0 aliphatic heterocycles. The average molecular weight is 251 g/mol. The van der Waals surface area contributed by atoms with Crippen LogP contribution in [0.5, 0.6) is 11.5 Å². The lowest BCUT2D eigenvalue weighted by molar-refractivity contribution is 0.354. The molecule has 3 nitrogen and oxygen atoms in total. The highest BCUT2D eigenvalue weighted by Crippen LogP contribution is 2.23. The summed E-state index contributed by atoms with van der Waals surface area (Å²) in [6.45, 7) is 7.49. The predicted molar refractivity (Wildman–Crippen MR) is 75.4 cm³/mol. The van der Waals surface area contributed by atoms with Crippen molar-refractivity contribution in [3.63, 3.8) is 0 Å². The molecule has 0 fully saturated rings. The maximum Gasteiger partial charge on any atom is 0.122 e. The number of nitrogens with one attached hydrogen (secondary N) is 1. The van der Waals surface area contributed by atoms with Gasteiger partial charge in [0.1, 0.15) is 11.5 Å². The van der Waals surface area contributed by atoms with Crippen molar-refractivity contribution in [1.29, 1.82) is 0 Å². The van der Waals surface area contributed by atoms with Crippen molar-refractivity contribution in [1.82, 2.24) is 5.32 Å². The zero-order chi connectivity index (χ0) is 13.6. The van der Waals surface area contributed by atoms with E-state index in [-0.39, 0.29) is 5.54 Å². The molecule has 0 spiro atoms. The smallest absolute Gasteiger partial charge is 0.122 e. The summed E-state index contributed by atoms with van der Waals surface area (Å²) in [6, 6.07) is 5.97. The minimum absolute atomic E-state index is 0.158. The summed E-state index contributed by atoms with van der Waals surface area (Å²) < 4.78 is 10.5. The van der Waals surface area contributed by atoms with Gasteiger partial charge in [-0.05, 0) is 38.0 Å². The number of hydrogen-bond acceptors (Lipinski definition) is 3. The second-order valence-electron chi connectivity index (χ2n) is 5.21. The minimum Gasteiger partial charge on any atom is -0.497 e. The van der Waals surface area contributed by atoms with Gasteiger partial charge in [0.05, 0.1) is 14.2 Å². The van der Waals surface area contributed by atoms with Gasteiger partial charge in [0.15, 0.2) is 0 Å². The molecule has 0 heterocycles. The Kier molecular flexibility index (Phi) is 5.48. The van der Waals surface area contributed by atoms with Crippen LogP contribution in [0, 0.1) is 0 Å². The number of rotatable bonds is 7. The fourth-order valence-corrected chi connectivity index (χ4v) is 2.02. The van der Waals surface area contributed by atoms with E-state index < -0.39 is 0 Å². The molecule has 0 saturated heterocycles. The van der Waals surface area contributed by atoms with E-state index in [1.165, 1.54) is 12.0 Å².